The molecule has 0 aromatic heterocycles. The number of para-hydroxylation sites is 1. The van der Waals surface area contributed by atoms with Gasteiger partial charge in [-0.25, -0.2) is 4.79 Å². The number of anilines is 1. The van der Waals surface area contributed by atoms with Gasteiger partial charge in [0.25, 0.3) is 0 Å². The van der Waals surface area contributed by atoms with E-state index in [1.54, 1.807) is 0 Å². The van der Waals surface area contributed by atoms with Gasteiger partial charge in [0, 0.05) is 17.8 Å². The number of nitrogens with one attached hydrogen (secondary N) is 2. The molecule has 2 N–H and O–H groups in total. The minimum Gasteiger partial charge on any atom is -0.489 e. The summed E-state index contributed by atoms with van der Waals surface area (Å²) in [6, 6.07) is 17.0. The summed E-state index contributed by atoms with van der Waals surface area (Å²) in [5, 5.41) is 14.5. The van der Waals surface area contributed by atoms with E-state index in [0.29, 0.717) is 19.6 Å². The zero-order valence-electron chi connectivity index (χ0n) is 15.8. The molecular weight excluding hydrogens is 338 g/mol. The maximum Gasteiger partial charge on any atom is 0.319 e. The van der Waals surface area contributed by atoms with E-state index in [1.807, 2.05) is 48.5 Å². The number of hydrogen-bond acceptors (Lipinski definition) is 3. The summed E-state index contributed by atoms with van der Waals surface area (Å²) in [6.07, 6.45) is 4.89. The van der Waals surface area contributed by atoms with E-state index in [1.165, 1.54) is 12.8 Å². The summed E-state index contributed by atoms with van der Waals surface area (Å²) in [7, 11) is 0. The fourth-order valence-corrected chi connectivity index (χ4v) is 2.64. The second-order valence-corrected chi connectivity index (χ2v) is 6.37. The summed E-state index contributed by atoms with van der Waals surface area (Å²) >= 11 is 0. The van der Waals surface area contributed by atoms with Gasteiger partial charge in [0.2, 0.25) is 0 Å². The molecule has 27 heavy (non-hydrogen) atoms. The minimum atomic E-state index is -0.195. The maximum absolute atomic E-state index is 12.1. The molecule has 5 heteroatoms. The molecule has 0 saturated heterocycles. The van der Waals surface area contributed by atoms with Gasteiger partial charge in [-0.15, -0.1) is 0 Å². The van der Waals surface area contributed by atoms with Gasteiger partial charge in [0.15, 0.2) is 0 Å². The molecular formula is C22H27N3O2. The Kier molecular flexibility index (Phi) is 8.72. The number of amides is 2. The van der Waals surface area contributed by atoms with Crippen LogP contribution in [0.1, 0.15) is 43.7 Å². The van der Waals surface area contributed by atoms with Gasteiger partial charge < -0.3 is 15.4 Å². The first-order chi connectivity index (χ1) is 13.2. The Balaban J connectivity index is 1.85. The average molecular weight is 365 g/mol. The highest BCUT2D eigenvalue weighted by Crippen LogP contribution is 2.19. The van der Waals surface area contributed by atoms with E-state index in [9.17, 15) is 4.79 Å². The van der Waals surface area contributed by atoms with Crippen molar-refractivity contribution < 1.29 is 9.53 Å². The summed E-state index contributed by atoms with van der Waals surface area (Å²) in [5.41, 5.74) is 2.60. The van der Waals surface area contributed by atoms with Crippen molar-refractivity contribution in [3.8, 4) is 11.8 Å². The normalized spacial score (nSPS) is 10.1. The second-order valence-electron chi connectivity index (χ2n) is 6.37. The molecule has 0 unspecified atom stereocenters. The number of benzene rings is 2. The number of carbonyl (C=O) groups excluding carboxylic acids is 1. The third kappa shape index (κ3) is 7.41. The van der Waals surface area contributed by atoms with E-state index in [4.69, 9.17) is 10.00 Å². The van der Waals surface area contributed by atoms with Crippen LogP contribution in [-0.4, -0.2) is 12.6 Å². The Bertz CT molecular complexity index is 751. The van der Waals surface area contributed by atoms with Crippen LogP contribution < -0.4 is 15.4 Å². The topological polar surface area (TPSA) is 74.2 Å². The minimum absolute atomic E-state index is 0.195. The number of urea groups is 1. The first-order valence-electron chi connectivity index (χ1n) is 9.44. The van der Waals surface area contributed by atoms with Gasteiger partial charge in [0.1, 0.15) is 12.4 Å². The third-order valence-electron chi connectivity index (χ3n) is 4.18. The summed E-state index contributed by atoms with van der Waals surface area (Å²) in [5.74, 6) is 0.729. The quantitative estimate of drug-likeness (QED) is 0.580. The van der Waals surface area contributed by atoms with Gasteiger partial charge in [0.05, 0.1) is 12.5 Å². The lowest BCUT2D eigenvalue weighted by Crippen LogP contribution is -2.30. The Labute approximate surface area is 161 Å². The standard InChI is InChI=1S/C22H27N3O2/c1-2-3-4-7-16-24-22(26)25-21-9-6-5-8-19(21)17-27-20-12-10-18(11-13-20)14-15-23/h5-6,8-13H,2-4,7,14,16-17H2,1H3,(H2,24,25,26). The highest BCUT2D eigenvalue weighted by atomic mass is 16.5. The predicted octanol–water partition coefficient (Wildman–Crippen LogP) is 5.03. The molecule has 142 valence electrons. The van der Waals surface area contributed by atoms with Crippen LogP contribution in [0.3, 0.4) is 0 Å². The number of carbonyl (C=O) groups is 1. The predicted molar refractivity (Wildman–Crippen MR) is 108 cm³/mol. The van der Waals surface area contributed by atoms with Crippen LogP contribution in [-0.2, 0) is 13.0 Å². The summed E-state index contributed by atoms with van der Waals surface area (Å²) in [6.45, 7) is 3.20. The molecule has 0 bridgehead atoms. The lowest BCUT2D eigenvalue weighted by molar-refractivity contribution is 0.251. The molecule has 0 radical (unpaired) electrons. The van der Waals surface area contributed by atoms with Crippen LogP contribution in [0.5, 0.6) is 5.75 Å². The van der Waals surface area contributed by atoms with Crippen LogP contribution in [0.4, 0.5) is 10.5 Å². The first-order valence-corrected chi connectivity index (χ1v) is 9.44. The Hall–Kier alpha value is -3.00. The van der Waals surface area contributed by atoms with Gasteiger partial charge in [-0.2, -0.15) is 5.26 Å². The molecule has 2 amide bonds. The molecule has 0 spiro atoms. The van der Waals surface area contributed by atoms with E-state index in [2.05, 4.69) is 23.6 Å². The van der Waals surface area contributed by atoms with Crippen molar-refractivity contribution in [2.24, 2.45) is 0 Å². The summed E-state index contributed by atoms with van der Waals surface area (Å²) in [4.78, 5) is 12.1. The highest BCUT2D eigenvalue weighted by Gasteiger charge is 2.07. The average Bonchev–Trinajstić information content (AvgIpc) is 2.68. The van der Waals surface area contributed by atoms with E-state index < -0.39 is 0 Å². The Morgan fingerprint density at radius 3 is 2.59 bits per heavy atom. The van der Waals surface area contributed by atoms with Crippen LogP contribution >= 0.6 is 0 Å². The zero-order valence-corrected chi connectivity index (χ0v) is 15.8. The van der Waals surface area contributed by atoms with Crippen molar-refractivity contribution in [3.05, 3.63) is 59.7 Å². The molecule has 5 nitrogen and oxygen atoms in total. The number of unbranched alkanes of at least 4 members (excludes halogenated alkanes) is 3. The summed E-state index contributed by atoms with van der Waals surface area (Å²) < 4.78 is 5.82. The zero-order chi connectivity index (χ0) is 19.3. The molecule has 0 aliphatic heterocycles. The van der Waals surface area contributed by atoms with Crippen LogP contribution in [0.15, 0.2) is 48.5 Å². The van der Waals surface area contributed by atoms with Crippen LogP contribution in [0, 0.1) is 11.3 Å². The van der Waals surface area contributed by atoms with Crippen LogP contribution in [0.25, 0.3) is 0 Å². The monoisotopic (exact) mass is 365 g/mol. The smallest absolute Gasteiger partial charge is 0.319 e. The molecule has 0 aliphatic carbocycles. The maximum atomic E-state index is 12.1. The number of hydrogen-bond donors (Lipinski definition) is 2. The van der Waals surface area contributed by atoms with Crippen molar-refractivity contribution in [1.82, 2.24) is 5.32 Å². The van der Waals surface area contributed by atoms with Gasteiger partial charge in [-0.05, 0) is 30.2 Å². The first kappa shape index (κ1) is 20.3. The third-order valence-corrected chi connectivity index (χ3v) is 4.18. The van der Waals surface area contributed by atoms with Gasteiger partial charge >= 0.3 is 6.03 Å². The van der Waals surface area contributed by atoms with Crippen molar-refractivity contribution in [2.75, 3.05) is 11.9 Å². The van der Waals surface area contributed by atoms with E-state index in [-0.39, 0.29) is 6.03 Å². The number of ether oxygens (including phenoxy) is 1. The molecule has 0 saturated carbocycles. The Morgan fingerprint density at radius 1 is 1.07 bits per heavy atom. The molecule has 2 aromatic rings. The largest absolute Gasteiger partial charge is 0.489 e. The fraction of sp³-hybridized carbons (Fsp3) is 0.364. The van der Waals surface area contributed by atoms with E-state index >= 15 is 0 Å². The van der Waals surface area contributed by atoms with Crippen molar-refractivity contribution in [2.45, 2.75) is 45.6 Å². The number of nitriles is 1. The van der Waals surface area contributed by atoms with E-state index in [0.717, 1.165) is 35.4 Å². The molecule has 2 rings (SSSR count). The highest BCUT2D eigenvalue weighted by molar-refractivity contribution is 5.90. The fourth-order valence-electron chi connectivity index (χ4n) is 2.64. The van der Waals surface area contributed by atoms with Crippen molar-refractivity contribution in [3.63, 3.8) is 0 Å². The van der Waals surface area contributed by atoms with Crippen molar-refractivity contribution in [1.29, 1.82) is 5.26 Å². The molecule has 2 aromatic carbocycles. The Morgan fingerprint density at radius 2 is 1.85 bits per heavy atom. The SMILES string of the molecule is CCCCCCNC(=O)Nc1ccccc1COc1ccc(CC#N)cc1. The lowest BCUT2D eigenvalue weighted by atomic mass is 10.1. The molecule has 0 fully saturated rings. The lowest BCUT2D eigenvalue weighted by Gasteiger charge is -2.13. The van der Waals surface area contributed by atoms with Gasteiger partial charge in [-0.1, -0.05) is 56.5 Å². The molecule has 0 aliphatic rings. The van der Waals surface area contributed by atoms with Crippen molar-refractivity contribution >= 4 is 11.7 Å². The molecule has 0 atom stereocenters. The second kappa shape index (κ2) is 11.6. The number of nitrogens with zero attached hydrogens (tertiary/aromatic N) is 1. The molecule has 0 heterocycles. The van der Waals surface area contributed by atoms with Crippen LogP contribution in [0.2, 0.25) is 0 Å². The number of rotatable bonds is 10. The van der Waals surface area contributed by atoms with Gasteiger partial charge in [-0.3, -0.25) is 0 Å².